The van der Waals surface area contributed by atoms with Gasteiger partial charge in [0.2, 0.25) is 0 Å². The molecule has 3 heteroatoms. The average molecular weight is 694 g/mol. The van der Waals surface area contributed by atoms with Crippen LogP contribution >= 0.6 is 0 Å². The standard InChI is InChI=1S/C50H51N3/c1-47(2,3)31-19-25-45-39(27-31)49(7,8)37-15-11-13-17-43(37)52(45)33-21-23-35-36-24-22-34(30-42(36)51-41(35)29-33)53-44-18-14-12-16-38(44)50(9,10)40-28-32(48(4,5)6)20-26-46(40)53/h11-30,51H,1-10H3. The molecule has 1 aromatic heterocycles. The summed E-state index contributed by atoms with van der Waals surface area (Å²) in [5, 5.41) is 2.47. The highest BCUT2D eigenvalue weighted by Crippen LogP contribution is 2.55. The molecule has 0 atom stereocenters. The Morgan fingerprint density at radius 2 is 0.792 bits per heavy atom. The van der Waals surface area contributed by atoms with E-state index in [0.29, 0.717) is 0 Å². The minimum Gasteiger partial charge on any atom is -0.354 e. The third kappa shape index (κ3) is 5.00. The number of rotatable bonds is 2. The largest absolute Gasteiger partial charge is 0.354 e. The summed E-state index contributed by atoms with van der Waals surface area (Å²) in [7, 11) is 0. The number of fused-ring (bicyclic) bond motifs is 7. The smallest absolute Gasteiger partial charge is 0.0502 e. The van der Waals surface area contributed by atoms with Gasteiger partial charge in [-0.15, -0.1) is 0 Å². The van der Waals surface area contributed by atoms with E-state index in [0.717, 1.165) is 22.4 Å². The van der Waals surface area contributed by atoms with Crippen molar-refractivity contribution in [2.75, 3.05) is 9.80 Å². The molecule has 3 heterocycles. The molecule has 0 saturated heterocycles. The van der Waals surface area contributed by atoms with Gasteiger partial charge in [-0.05, 0) is 92.7 Å². The number of hydrogen-bond donors (Lipinski definition) is 1. The fourth-order valence-corrected chi connectivity index (χ4v) is 9.06. The van der Waals surface area contributed by atoms with Crippen LogP contribution in [0.1, 0.15) is 103 Å². The Morgan fingerprint density at radius 3 is 1.19 bits per heavy atom. The normalized spacial score (nSPS) is 16.0. The Bertz CT molecular complexity index is 2420. The van der Waals surface area contributed by atoms with Gasteiger partial charge >= 0.3 is 0 Å². The molecule has 6 aromatic carbocycles. The van der Waals surface area contributed by atoms with Gasteiger partial charge in [0.25, 0.3) is 0 Å². The lowest BCUT2D eigenvalue weighted by molar-refractivity contribution is 0.580. The van der Waals surface area contributed by atoms with E-state index >= 15 is 0 Å². The van der Waals surface area contributed by atoms with Crippen LogP contribution in [-0.4, -0.2) is 4.98 Å². The van der Waals surface area contributed by atoms with Gasteiger partial charge in [0.05, 0.1) is 22.7 Å². The average Bonchev–Trinajstić information content (AvgIpc) is 3.48. The van der Waals surface area contributed by atoms with E-state index in [1.165, 1.54) is 66.9 Å². The second kappa shape index (κ2) is 11.1. The number of nitrogens with one attached hydrogen (secondary N) is 1. The van der Waals surface area contributed by atoms with Gasteiger partial charge in [-0.1, -0.05) is 142 Å². The molecule has 0 bridgehead atoms. The van der Waals surface area contributed by atoms with Gasteiger partial charge in [-0.3, -0.25) is 0 Å². The molecule has 0 spiro atoms. The predicted octanol–water partition coefficient (Wildman–Crippen LogP) is 14.1. The summed E-state index contributed by atoms with van der Waals surface area (Å²) in [5.41, 5.74) is 17.6. The second-order valence-electron chi connectivity index (χ2n) is 18.5. The van der Waals surface area contributed by atoms with Crippen molar-refractivity contribution in [1.82, 2.24) is 4.98 Å². The van der Waals surface area contributed by atoms with Gasteiger partial charge in [-0.25, -0.2) is 0 Å². The first-order chi connectivity index (χ1) is 25.0. The van der Waals surface area contributed by atoms with Crippen molar-refractivity contribution in [3.8, 4) is 0 Å². The van der Waals surface area contributed by atoms with Crippen LogP contribution in [-0.2, 0) is 21.7 Å². The zero-order chi connectivity index (χ0) is 37.2. The molecule has 0 fully saturated rings. The maximum absolute atomic E-state index is 3.87. The summed E-state index contributed by atoms with van der Waals surface area (Å²) in [6.45, 7) is 23.3. The Morgan fingerprint density at radius 1 is 0.415 bits per heavy atom. The topological polar surface area (TPSA) is 22.3 Å². The van der Waals surface area contributed by atoms with Crippen LogP contribution in [0.5, 0.6) is 0 Å². The zero-order valence-electron chi connectivity index (χ0n) is 32.9. The summed E-state index contributed by atoms with van der Waals surface area (Å²) in [5.74, 6) is 0. The fourth-order valence-electron chi connectivity index (χ4n) is 9.06. The fraction of sp³-hybridized carbons (Fsp3) is 0.280. The SMILES string of the molecule is CC(C)(C)c1ccc2c(c1)C(C)(C)c1ccccc1N2c1ccc2c(c1)[nH]c1cc(N3c4ccccc4C(C)(C)c4cc(C(C)(C)C)ccc43)ccc12. The highest BCUT2D eigenvalue weighted by atomic mass is 15.2. The highest BCUT2D eigenvalue weighted by Gasteiger charge is 2.39. The summed E-state index contributed by atoms with van der Waals surface area (Å²) >= 11 is 0. The Labute approximate surface area is 315 Å². The molecule has 2 aliphatic heterocycles. The van der Waals surface area contributed by atoms with E-state index in [1.807, 2.05) is 0 Å². The van der Waals surface area contributed by atoms with Crippen molar-refractivity contribution in [1.29, 1.82) is 0 Å². The van der Waals surface area contributed by atoms with Crippen molar-refractivity contribution in [2.24, 2.45) is 0 Å². The second-order valence-corrected chi connectivity index (χ2v) is 18.5. The lowest BCUT2D eigenvalue weighted by atomic mass is 9.71. The Hall–Kier alpha value is -5.28. The number of anilines is 6. The van der Waals surface area contributed by atoms with Crippen molar-refractivity contribution in [3.05, 3.63) is 155 Å². The molecular formula is C50H51N3. The molecular weight excluding hydrogens is 643 g/mol. The van der Waals surface area contributed by atoms with Crippen molar-refractivity contribution in [3.63, 3.8) is 0 Å². The van der Waals surface area contributed by atoms with Gasteiger partial charge < -0.3 is 14.8 Å². The molecule has 0 aliphatic carbocycles. The maximum Gasteiger partial charge on any atom is 0.0502 e. The Kier molecular flexibility index (Phi) is 7.04. The minimum absolute atomic E-state index is 0.0684. The van der Waals surface area contributed by atoms with Crippen LogP contribution in [0, 0.1) is 0 Å². The summed E-state index contributed by atoms with van der Waals surface area (Å²) in [6.07, 6.45) is 0. The van der Waals surface area contributed by atoms with Crippen LogP contribution in [0.4, 0.5) is 34.1 Å². The lowest BCUT2D eigenvalue weighted by Crippen LogP contribution is -2.31. The number of nitrogens with zero attached hydrogens (tertiary/aromatic N) is 2. The first kappa shape index (κ1) is 33.5. The van der Waals surface area contributed by atoms with Crippen LogP contribution in [0.2, 0.25) is 0 Å². The quantitative estimate of drug-likeness (QED) is 0.195. The number of hydrogen-bond acceptors (Lipinski definition) is 2. The molecule has 0 amide bonds. The summed E-state index contributed by atoms with van der Waals surface area (Å²) in [6, 6.07) is 46.0. The van der Waals surface area contributed by atoms with Crippen molar-refractivity contribution >= 4 is 55.9 Å². The van der Waals surface area contributed by atoms with Gasteiger partial charge in [0.15, 0.2) is 0 Å². The van der Waals surface area contributed by atoms with Crippen LogP contribution in [0.25, 0.3) is 21.8 Å². The van der Waals surface area contributed by atoms with E-state index in [-0.39, 0.29) is 21.7 Å². The molecule has 0 radical (unpaired) electrons. The molecule has 266 valence electrons. The summed E-state index contributed by atoms with van der Waals surface area (Å²) < 4.78 is 0. The number of aromatic nitrogens is 1. The maximum atomic E-state index is 3.87. The first-order valence-electron chi connectivity index (χ1n) is 19.2. The van der Waals surface area contributed by atoms with Crippen LogP contribution < -0.4 is 9.80 Å². The van der Waals surface area contributed by atoms with Gasteiger partial charge in [0, 0.05) is 44.0 Å². The number of aromatic amines is 1. The van der Waals surface area contributed by atoms with Crippen molar-refractivity contribution in [2.45, 2.75) is 90.9 Å². The van der Waals surface area contributed by atoms with E-state index in [2.05, 4.69) is 205 Å². The Balaban J connectivity index is 1.19. The monoisotopic (exact) mass is 693 g/mol. The van der Waals surface area contributed by atoms with Crippen LogP contribution in [0.15, 0.2) is 121 Å². The highest BCUT2D eigenvalue weighted by molar-refractivity contribution is 6.10. The van der Waals surface area contributed by atoms with Crippen LogP contribution in [0.3, 0.4) is 0 Å². The minimum atomic E-state index is -0.124. The number of para-hydroxylation sites is 2. The first-order valence-corrected chi connectivity index (χ1v) is 19.2. The molecule has 53 heavy (non-hydrogen) atoms. The van der Waals surface area contributed by atoms with Gasteiger partial charge in [0.1, 0.15) is 0 Å². The third-order valence-electron chi connectivity index (χ3n) is 12.3. The molecule has 9 rings (SSSR count). The molecule has 0 unspecified atom stereocenters. The predicted molar refractivity (Wildman–Crippen MR) is 227 cm³/mol. The zero-order valence-corrected chi connectivity index (χ0v) is 32.9. The molecule has 0 saturated carbocycles. The van der Waals surface area contributed by atoms with E-state index in [1.54, 1.807) is 0 Å². The summed E-state index contributed by atoms with van der Waals surface area (Å²) in [4.78, 5) is 8.80. The van der Waals surface area contributed by atoms with E-state index < -0.39 is 0 Å². The lowest BCUT2D eigenvalue weighted by Gasteiger charge is -2.42. The molecule has 3 nitrogen and oxygen atoms in total. The van der Waals surface area contributed by atoms with E-state index in [9.17, 15) is 0 Å². The van der Waals surface area contributed by atoms with Gasteiger partial charge in [-0.2, -0.15) is 0 Å². The van der Waals surface area contributed by atoms with E-state index in [4.69, 9.17) is 0 Å². The van der Waals surface area contributed by atoms with Crippen molar-refractivity contribution < 1.29 is 0 Å². The number of H-pyrrole nitrogens is 1. The molecule has 7 aromatic rings. The third-order valence-corrected chi connectivity index (χ3v) is 12.3. The molecule has 2 aliphatic rings. The number of benzene rings is 6. The molecule has 1 N–H and O–H groups in total.